The lowest BCUT2D eigenvalue weighted by Gasteiger charge is -2.30. The smallest absolute Gasteiger partial charge is 0.0835 e. The van der Waals surface area contributed by atoms with Gasteiger partial charge in [-0.15, -0.1) is 0 Å². The maximum absolute atomic E-state index is 10.4. The van der Waals surface area contributed by atoms with Gasteiger partial charge in [0.2, 0.25) is 0 Å². The summed E-state index contributed by atoms with van der Waals surface area (Å²) in [6.07, 6.45) is 5.85. The third-order valence-electron chi connectivity index (χ3n) is 4.99. The fourth-order valence-electron chi connectivity index (χ4n) is 3.68. The Balaban J connectivity index is 1.58. The second-order valence-electron chi connectivity index (χ2n) is 6.30. The predicted octanol–water partition coefficient (Wildman–Crippen LogP) is 3.09. The van der Waals surface area contributed by atoms with E-state index in [1.807, 2.05) is 6.07 Å². The van der Waals surface area contributed by atoms with Crippen molar-refractivity contribution in [2.45, 2.75) is 56.7 Å². The van der Waals surface area contributed by atoms with Crippen LogP contribution >= 0.6 is 0 Å². The molecule has 0 radical (unpaired) electrons. The first kappa shape index (κ1) is 13.1. The van der Waals surface area contributed by atoms with Gasteiger partial charge in [0.15, 0.2) is 0 Å². The van der Waals surface area contributed by atoms with E-state index in [0.717, 1.165) is 19.3 Å². The van der Waals surface area contributed by atoms with E-state index < -0.39 is 12.2 Å². The molecule has 3 rings (SSSR count). The zero-order valence-corrected chi connectivity index (χ0v) is 11.4. The summed E-state index contributed by atoms with van der Waals surface area (Å²) >= 11 is 0. The van der Waals surface area contributed by atoms with Crippen LogP contribution in [0.25, 0.3) is 0 Å². The topological polar surface area (TPSA) is 40.5 Å². The average molecular weight is 260 g/mol. The van der Waals surface area contributed by atoms with E-state index in [2.05, 4.69) is 24.3 Å². The van der Waals surface area contributed by atoms with Gasteiger partial charge >= 0.3 is 0 Å². The summed E-state index contributed by atoms with van der Waals surface area (Å²) in [5, 5.41) is 20.8. The van der Waals surface area contributed by atoms with Gasteiger partial charge in [0.1, 0.15) is 0 Å². The number of aliphatic hydroxyl groups excluding tert-OH is 2. The molecular formula is C17H24O2. The van der Waals surface area contributed by atoms with Crippen molar-refractivity contribution in [1.29, 1.82) is 0 Å². The van der Waals surface area contributed by atoms with E-state index in [-0.39, 0.29) is 5.92 Å². The Morgan fingerprint density at radius 1 is 0.895 bits per heavy atom. The lowest BCUT2D eigenvalue weighted by atomic mass is 9.82. The number of benzene rings is 1. The molecular weight excluding hydrogens is 236 g/mol. The molecule has 2 fully saturated rings. The molecule has 0 spiro atoms. The standard InChI is InChI=1S/C17H24O2/c18-16(13-9-5-2-6-10-13)17(19)15-11-14(15)12-7-3-1-4-8-12/h1,3-4,7-8,13-19H,2,5-6,9-11H2. The third-order valence-corrected chi connectivity index (χ3v) is 4.99. The Labute approximate surface area is 115 Å². The molecule has 0 aromatic heterocycles. The van der Waals surface area contributed by atoms with Crippen LogP contribution in [0.2, 0.25) is 0 Å². The average Bonchev–Trinajstić information content (AvgIpc) is 3.28. The Kier molecular flexibility index (Phi) is 3.90. The van der Waals surface area contributed by atoms with Crippen molar-refractivity contribution < 1.29 is 10.2 Å². The molecule has 2 aliphatic rings. The van der Waals surface area contributed by atoms with Gasteiger partial charge in [0.05, 0.1) is 12.2 Å². The summed E-state index contributed by atoms with van der Waals surface area (Å²) in [7, 11) is 0. The van der Waals surface area contributed by atoms with Crippen LogP contribution < -0.4 is 0 Å². The summed E-state index contributed by atoms with van der Waals surface area (Å²) in [4.78, 5) is 0. The SMILES string of the molecule is OC(C1CCCCC1)C(O)C1CC1c1ccccc1. The van der Waals surface area contributed by atoms with Crippen molar-refractivity contribution in [3.05, 3.63) is 35.9 Å². The fraction of sp³-hybridized carbons (Fsp3) is 0.647. The van der Waals surface area contributed by atoms with E-state index in [9.17, 15) is 10.2 Å². The zero-order chi connectivity index (χ0) is 13.2. The summed E-state index contributed by atoms with van der Waals surface area (Å²) in [5.74, 6) is 1.04. The van der Waals surface area contributed by atoms with E-state index >= 15 is 0 Å². The van der Waals surface area contributed by atoms with Gasteiger partial charge in [-0.3, -0.25) is 0 Å². The predicted molar refractivity (Wildman–Crippen MR) is 75.9 cm³/mol. The fourth-order valence-corrected chi connectivity index (χ4v) is 3.68. The molecule has 0 aliphatic heterocycles. The lowest BCUT2D eigenvalue weighted by molar-refractivity contribution is -0.0382. The number of rotatable bonds is 4. The Morgan fingerprint density at radius 2 is 1.58 bits per heavy atom. The summed E-state index contributed by atoms with van der Waals surface area (Å²) in [5.41, 5.74) is 1.31. The van der Waals surface area contributed by atoms with Crippen LogP contribution in [0, 0.1) is 11.8 Å². The molecule has 104 valence electrons. The monoisotopic (exact) mass is 260 g/mol. The van der Waals surface area contributed by atoms with Crippen LogP contribution in [0.4, 0.5) is 0 Å². The minimum absolute atomic E-state index is 0.263. The minimum atomic E-state index is -0.534. The molecule has 0 saturated heterocycles. The molecule has 2 saturated carbocycles. The molecule has 2 heteroatoms. The first-order valence-electron chi connectivity index (χ1n) is 7.68. The van der Waals surface area contributed by atoms with Crippen LogP contribution in [0.15, 0.2) is 30.3 Å². The van der Waals surface area contributed by atoms with Gasteiger partial charge in [-0.2, -0.15) is 0 Å². The van der Waals surface area contributed by atoms with Gasteiger partial charge < -0.3 is 10.2 Å². The highest BCUT2D eigenvalue weighted by molar-refractivity contribution is 5.26. The summed E-state index contributed by atoms with van der Waals surface area (Å²) < 4.78 is 0. The Hall–Kier alpha value is -0.860. The molecule has 1 aromatic rings. The van der Waals surface area contributed by atoms with Crippen LogP contribution in [0.5, 0.6) is 0 Å². The molecule has 0 heterocycles. The van der Waals surface area contributed by atoms with E-state index in [4.69, 9.17) is 0 Å². The van der Waals surface area contributed by atoms with Gasteiger partial charge in [0, 0.05) is 0 Å². The van der Waals surface area contributed by atoms with Crippen LogP contribution in [-0.4, -0.2) is 22.4 Å². The molecule has 2 aliphatic carbocycles. The quantitative estimate of drug-likeness (QED) is 0.873. The largest absolute Gasteiger partial charge is 0.390 e. The lowest BCUT2D eigenvalue weighted by Crippen LogP contribution is -2.36. The van der Waals surface area contributed by atoms with Crippen molar-refractivity contribution in [3.63, 3.8) is 0 Å². The minimum Gasteiger partial charge on any atom is -0.390 e. The zero-order valence-electron chi connectivity index (χ0n) is 11.4. The number of hydrogen-bond donors (Lipinski definition) is 2. The maximum Gasteiger partial charge on any atom is 0.0835 e. The normalized spacial score (nSPS) is 30.8. The van der Waals surface area contributed by atoms with Crippen molar-refractivity contribution >= 4 is 0 Å². The number of aliphatic hydroxyl groups is 2. The molecule has 2 nitrogen and oxygen atoms in total. The summed E-state index contributed by atoms with van der Waals surface area (Å²) in [6, 6.07) is 10.4. The molecule has 0 bridgehead atoms. The van der Waals surface area contributed by atoms with Gasteiger partial charge in [-0.25, -0.2) is 0 Å². The van der Waals surface area contributed by atoms with Crippen LogP contribution in [0.1, 0.15) is 50.0 Å². The second kappa shape index (κ2) is 5.64. The highest BCUT2D eigenvalue weighted by atomic mass is 16.3. The molecule has 4 unspecified atom stereocenters. The Bertz CT molecular complexity index is 397. The molecule has 19 heavy (non-hydrogen) atoms. The molecule has 4 atom stereocenters. The van der Waals surface area contributed by atoms with Gasteiger partial charge in [-0.1, -0.05) is 49.6 Å². The second-order valence-corrected chi connectivity index (χ2v) is 6.30. The van der Waals surface area contributed by atoms with E-state index in [0.29, 0.717) is 11.8 Å². The van der Waals surface area contributed by atoms with Crippen molar-refractivity contribution in [3.8, 4) is 0 Å². The first-order valence-corrected chi connectivity index (χ1v) is 7.68. The Morgan fingerprint density at radius 3 is 2.26 bits per heavy atom. The maximum atomic E-state index is 10.4. The van der Waals surface area contributed by atoms with Crippen LogP contribution in [0.3, 0.4) is 0 Å². The van der Waals surface area contributed by atoms with Gasteiger partial charge in [-0.05, 0) is 42.6 Å². The van der Waals surface area contributed by atoms with Crippen molar-refractivity contribution in [2.24, 2.45) is 11.8 Å². The highest BCUT2D eigenvalue weighted by Gasteiger charge is 2.47. The highest BCUT2D eigenvalue weighted by Crippen LogP contribution is 2.51. The van der Waals surface area contributed by atoms with E-state index in [1.54, 1.807) is 0 Å². The molecule has 0 amide bonds. The van der Waals surface area contributed by atoms with Crippen LogP contribution in [-0.2, 0) is 0 Å². The van der Waals surface area contributed by atoms with E-state index in [1.165, 1.54) is 24.8 Å². The third kappa shape index (κ3) is 2.85. The van der Waals surface area contributed by atoms with Gasteiger partial charge in [0.25, 0.3) is 0 Å². The molecule has 2 N–H and O–H groups in total. The summed E-state index contributed by atoms with van der Waals surface area (Å²) in [6.45, 7) is 0. The van der Waals surface area contributed by atoms with Crippen molar-refractivity contribution in [2.75, 3.05) is 0 Å². The molecule has 1 aromatic carbocycles. The number of hydrogen-bond acceptors (Lipinski definition) is 2. The first-order chi connectivity index (χ1) is 9.27. The van der Waals surface area contributed by atoms with Crippen molar-refractivity contribution in [1.82, 2.24) is 0 Å².